The highest BCUT2D eigenvalue weighted by molar-refractivity contribution is 7.98. The maximum atomic E-state index is 4.75. The number of rotatable bonds is 7. The highest BCUT2D eigenvalue weighted by Gasteiger charge is 2.16. The number of hydrogen-bond acceptors (Lipinski definition) is 3. The Kier molecular flexibility index (Phi) is 6.24. The van der Waals surface area contributed by atoms with E-state index in [1.165, 1.54) is 50.0 Å². The van der Waals surface area contributed by atoms with Crippen molar-refractivity contribution in [3.05, 3.63) is 18.0 Å². The summed E-state index contributed by atoms with van der Waals surface area (Å²) < 4.78 is 2.20. The van der Waals surface area contributed by atoms with Gasteiger partial charge in [0.05, 0.1) is 11.7 Å². The molecule has 2 rings (SSSR count). The van der Waals surface area contributed by atoms with Crippen molar-refractivity contribution in [1.82, 2.24) is 15.1 Å². The Labute approximate surface area is 121 Å². The van der Waals surface area contributed by atoms with Crippen LogP contribution in [-0.4, -0.2) is 27.8 Å². The van der Waals surface area contributed by atoms with Crippen LogP contribution in [0.2, 0.25) is 0 Å². The van der Waals surface area contributed by atoms with Crippen molar-refractivity contribution in [2.75, 3.05) is 12.0 Å². The van der Waals surface area contributed by atoms with Gasteiger partial charge in [0.1, 0.15) is 0 Å². The topological polar surface area (TPSA) is 29.9 Å². The van der Waals surface area contributed by atoms with Gasteiger partial charge >= 0.3 is 0 Å². The van der Waals surface area contributed by atoms with Crippen molar-refractivity contribution >= 4 is 11.8 Å². The monoisotopic (exact) mass is 281 g/mol. The lowest BCUT2D eigenvalue weighted by atomic mass is 9.96. The zero-order valence-corrected chi connectivity index (χ0v) is 13.1. The van der Waals surface area contributed by atoms with Crippen LogP contribution in [0.5, 0.6) is 0 Å². The Morgan fingerprint density at radius 2 is 2.21 bits per heavy atom. The summed E-state index contributed by atoms with van der Waals surface area (Å²) in [7, 11) is 0. The Balaban J connectivity index is 1.82. The molecule has 0 saturated heterocycles. The van der Waals surface area contributed by atoms with Crippen LogP contribution in [-0.2, 0) is 6.54 Å². The lowest BCUT2D eigenvalue weighted by Gasteiger charge is -2.21. The van der Waals surface area contributed by atoms with Crippen LogP contribution < -0.4 is 5.32 Å². The fourth-order valence-corrected chi connectivity index (χ4v) is 3.55. The molecule has 1 aromatic rings. The number of thioether (sulfide) groups is 1. The smallest absolute Gasteiger partial charge is 0.0762 e. The number of nitrogens with one attached hydrogen (secondary N) is 1. The number of aromatic nitrogens is 2. The molecule has 1 saturated carbocycles. The molecule has 19 heavy (non-hydrogen) atoms. The van der Waals surface area contributed by atoms with Crippen LogP contribution >= 0.6 is 11.8 Å². The standard InChI is InChI=1S/C15H27N3S/c1-3-13(12-19-2)16-11-14-9-10-18(17-14)15-7-5-4-6-8-15/h9-10,13,15-16H,3-8,11-12H2,1-2H3. The van der Waals surface area contributed by atoms with E-state index in [9.17, 15) is 0 Å². The maximum absolute atomic E-state index is 4.75. The zero-order valence-electron chi connectivity index (χ0n) is 12.3. The molecule has 1 unspecified atom stereocenters. The van der Waals surface area contributed by atoms with Crippen molar-refractivity contribution in [3.8, 4) is 0 Å². The highest BCUT2D eigenvalue weighted by atomic mass is 32.2. The molecule has 1 aliphatic carbocycles. The van der Waals surface area contributed by atoms with Gasteiger partial charge < -0.3 is 5.32 Å². The molecular weight excluding hydrogens is 254 g/mol. The van der Waals surface area contributed by atoms with Crippen molar-refractivity contribution in [3.63, 3.8) is 0 Å². The molecular formula is C15H27N3S. The third-order valence-electron chi connectivity index (χ3n) is 4.04. The molecule has 4 heteroatoms. The molecule has 1 aliphatic rings. The van der Waals surface area contributed by atoms with E-state index in [0.29, 0.717) is 12.1 Å². The van der Waals surface area contributed by atoms with Gasteiger partial charge in [-0.15, -0.1) is 0 Å². The van der Waals surface area contributed by atoms with Gasteiger partial charge in [-0.3, -0.25) is 4.68 Å². The summed E-state index contributed by atoms with van der Waals surface area (Å²) in [6.07, 6.45) is 12.3. The lowest BCUT2D eigenvalue weighted by molar-refractivity contribution is 0.327. The van der Waals surface area contributed by atoms with Gasteiger partial charge in [-0.05, 0) is 31.6 Å². The second kappa shape index (κ2) is 7.95. The summed E-state index contributed by atoms with van der Waals surface area (Å²) in [4.78, 5) is 0. The van der Waals surface area contributed by atoms with Crippen LogP contribution in [0.1, 0.15) is 57.2 Å². The molecule has 3 nitrogen and oxygen atoms in total. The van der Waals surface area contributed by atoms with E-state index in [0.717, 1.165) is 6.54 Å². The second-order valence-corrected chi connectivity index (χ2v) is 6.43. The second-order valence-electron chi connectivity index (χ2n) is 5.52. The minimum Gasteiger partial charge on any atom is -0.307 e. The average molecular weight is 281 g/mol. The minimum atomic E-state index is 0.606. The molecule has 1 N–H and O–H groups in total. The predicted molar refractivity (Wildman–Crippen MR) is 83.6 cm³/mol. The Morgan fingerprint density at radius 3 is 2.89 bits per heavy atom. The first-order chi connectivity index (χ1) is 9.33. The molecule has 108 valence electrons. The largest absolute Gasteiger partial charge is 0.307 e. The molecule has 1 fully saturated rings. The van der Waals surface area contributed by atoms with Crippen LogP contribution in [0.25, 0.3) is 0 Å². The Hall–Kier alpha value is -0.480. The van der Waals surface area contributed by atoms with Crippen molar-refractivity contribution in [2.24, 2.45) is 0 Å². The molecule has 0 spiro atoms. The summed E-state index contributed by atoms with van der Waals surface area (Å²) in [6, 6.07) is 3.43. The fraction of sp³-hybridized carbons (Fsp3) is 0.800. The molecule has 0 radical (unpaired) electrons. The normalized spacial score (nSPS) is 18.6. The first-order valence-corrected chi connectivity index (χ1v) is 8.99. The third kappa shape index (κ3) is 4.53. The van der Waals surface area contributed by atoms with Gasteiger partial charge in [-0.2, -0.15) is 16.9 Å². The zero-order chi connectivity index (χ0) is 13.5. The first-order valence-electron chi connectivity index (χ1n) is 7.59. The Bertz CT molecular complexity index is 358. The highest BCUT2D eigenvalue weighted by Crippen LogP contribution is 2.27. The predicted octanol–water partition coefficient (Wildman–Crippen LogP) is 3.62. The quantitative estimate of drug-likeness (QED) is 0.828. The minimum absolute atomic E-state index is 0.606. The summed E-state index contributed by atoms with van der Waals surface area (Å²) in [6.45, 7) is 3.15. The lowest BCUT2D eigenvalue weighted by Crippen LogP contribution is -2.30. The van der Waals surface area contributed by atoms with Crippen LogP contribution in [0.3, 0.4) is 0 Å². The van der Waals surface area contributed by atoms with Crippen molar-refractivity contribution < 1.29 is 0 Å². The van der Waals surface area contributed by atoms with Crippen LogP contribution in [0.15, 0.2) is 12.3 Å². The van der Waals surface area contributed by atoms with Gasteiger partial charge in [0.2, 0.25) is 0 Å². The van der Waals surface area contributed by atoms with Gasteiger partial charge in [0, 0.05) is 24.5 Å². The van der Waals surface area contributed by atoms with Crippen LogP contribution in [0.4, 0.5) is 0 Å². The van der Waals surface area contributed by atoms with Gasteiger partial charge in [0.15, 0.2) is 0 Å². The third-order valence-corrected chi connectivity index (χ3v) is 4.78. The van der Waals surface area contributed by atoms with E-state index in [2.05, 4.69) is 35.4 Å². The van der Waals surface area contributed by atoms with E-state index in [1.807, 2.05) is 11.8 Å². The molecule has 1 atom stereocenters. The van der Waals surface area contributed by atoms with E-state index >= 15 is 0 Å². The first kappa shape index (κ1) is 14.9. The summed E-state index contributed by atoms with van der Waals surface area (Å²) in [5.41, 5.74) is 1.19. The van der Waals surface area contributed by atoms with E-state index in [4.69, 9.17) is 5.10 Å². The molecule has 0 amide bonds. The summed E-state index contributed by atoms with van der Waals surface area (Å²) >= 11 is 1.91. The molecule has 0 aromatic carbocycles. The van der Waals surface area contributed by atoms with Gasteiger partial charge in [0.25, 0.3) is 0 Å². The fourth-order valence-electron chi connectivity index (χ4n) is 2.79. The van der Waals surface area contributed by atoms with Crippen LogP contribution in [0, 0.1) is 0 Å². The van der Waals surface area contributed by atoms with E-state index < -0.39 is 0 Å². The Morgan fingerprint density at radius 1 is 1.42 bits per heavy atom. The SMILES string of the molecule is CCC(CSC)NCc1ccn(C2CCCCC2)n1. The molecule has 0 aliphatic heterocycles. The van der Waals surface area contributed by atoms with Crippen molar-refractivity contribution in [2.45, 2.75) is 64.1 Å². The number of hydrogen-bond donors (Lipinski definition) is 1. The average Bonchev–Trinajstić information content (AvgIpc) is 2.93. The maximum Gasteiger partial charge on any atom is 0.0762 e. The number of nitrogens with zero attached hydrogens (tertiary/aromatic N) is 2. The van der Waals surface area contributed by atoms with Gasteiger partial charge in [-0.25, -0.2) is 0 Å². The van der Waals surface area contributed by atoms with Crippen molar-refractivity contribution in [1.29, 1.82) is 0 Å². The van der Waals surface area contributed by atoms with E-state index in [1.54, 1.807) is 0 Å². The summed E-state index contributed by atoms with van der Waals surface area (Å²) in [5, 5.41) is 8.35. The van der Waals surface area contributed by atoms with Gasteiger partial charge in [-0.1, -0.05) is 26.2 Å². The molecule has 1 aromatic heterocycles. The summed E-state index contributed by atoms with van der Waals surface area (Å²) in [5.74, 6) is 1.18. The van der Waals surface area contributed by atoms with E-state index in [-0.39, 0.29) is 0 Å². The molecule has 1 heterocycles. The molecule has 0 bridgehead atoms.